The molecule has 3 rings (SSSR count). The largest absolute Gasteiger partial charge is 0.478 e. The first-order valence-corrected chi connectivity index (χ1v) is 6.29. The van der Waals surface area contributed by atoms with E-state index in [1.54, 1.807) is 4.57 Å². The van der Waals surface area contributed by atoms with Crippen LogP contribution in [0.4, 0.5) is 13.2 Å². The van der Waals surface area contributed by atoms with E-state index in [0.717, 1.165) is 25.0 Å². The minimum atomic E-state index is -4.42. The fourth-order valence-electron chi connectivity index (χ4n) is 2.37. The molecule has 0 saturated heterocycles. The van der Waals surface area contributed by atoms with Gasteiger partial charge in [-0.05, 0) is 30.9 Å². The molecule has 0 atom stereocenters. The maximum atomic E-state index is 12.8. The van der Waals surface area contributed by atoms with Gasteiger partial charge in [0.05, 0.1) is 11.1 Å². The minimum Gasteiger partial charge on any atom is -0.478 e. The number of benzene rings is 1. The molecule has 0 spiro atoms. The molecule has 1 fully saturated rings. The van der Waals surface area contributed by atoms with Gasteiger partial charge in [0.1, 0.15) is 0 Å². The van der Waals surface area contributed by atoms with Crippen molar-refractivity contribution in [3.8, 4) is 0 Å². The van der Waals surface area contributed by atoms with E-state index in [1.165, 1.54) is 12.3 Å². The second-order valence-corrected chi connectivity index (χ2v) is 5.17. The van der Waals surface area contributed by atoms with Gasteiger partial charge in [0.2, 0.25) is 0 Å². The van der Waals surface area contributed by atoms with Gasteiger partial charge in [-0.2, -0.15) is 13.2 Å². The zero-order valence-corrected chi connectivity index (χ0v) is 10.4. The zero-order valence-electron chi connectivity index (χ0n) is 10.4. The Morgan fingerprint density at radius 1 is 1.35 bits per heavy atom. The lowest BCUT2D eigenvalue weighted by Gasteiger charge is -2.08. The van der Waals surface area contributed by atoms with E-state index in [4.69, 9.17) is 5.11 Å². The monoisotopic (exact) mass is 283 g/mol. The molecule has 20 heavy (non-hydrogen) atoms. The molecule has 1 N–H and O–H groups in total. The van der Waals surface area contributed by atoms with Gasteiger partial charge in [-0.3, -0.25) is 0 Å². The van der Waals surface area contributed by atoms with Crippen molar-refractivity contribution in [2.24, 2.45) is 5.92 Å². The molecule has 6 heteroatoms. The van der Waals surface area contributed by atoms with Crippen LogP contribution in [0, 0.1) is 5.92 Å². The lowest BCUT2D eigenvalue weighted by Crippen LogP contribution is -2.05. The lowest BCUT2D eigenvalue weighted by atomic mass is 10.1. The zero-order chi connectivity index (χ0) is 14.5. The van der Waals surface area contributed by atoms with Crippen molar-refractivity contribution >= 4 is 16.9 Å². The molecule has 0 aliphatic heterocycles. The highest BCUT2D eigenvalue weighted by Crippen LogP contribution is 2.35. The van der Waals surface area contributed by atoms with E-state index in [2.05, 4.69) is 0 Å². The topological polar surface area (TPSA) is 42.2 Å². The first-order chi connectivity index (χ1) is 9.36. The predicted octanol–water partition coefficient (Wildman–Crippen LogP) is 3.77. The molecule has 1 aliphatic carbocycles. The number of carboxylic acid groups (broad SMARTS) is 1. The summed E-state index contributed by atoms with van der Waals surface area (Å²) in [5, 5.41) is 9.49. The molecular weight excluding hydrogens is 271 g/mol. The maximum Gasteiger partial charge on any atom is 0.416 e. The number of hydrogen-bond donors (Lipinski definition) is 1. The second-order valence-electron chi connectivity index (χ2n) is 5.17. The third-order valence-electron chi connectivity index (χ3n) is 3.59. The number of fused-ring (bicyclic) bond motifs is 1. The van der Waals surface area contributed by atoms with E-state index in [0.29, 0.717) is 23.4 Å². The van der Waals surface area contributed by atoms with Crippen molar-refractivity contribution in [2.75, 3.05) is 0 Å². The van der Waals surface area contributed by atoms with Crippen LogP contribution in [-0.4, -0.2) is 15.6 Å². The molecule has 0 radical (unpaired) electrons. The summed E-state index contributed by atoms with van der Waals surface area (Å²) in [6, 6.07) is 3.20. The van der Waals surface area contributed by atoms with Crippen LogP contribution in [0.1, 0.15) is 28.8 Å². The summed E-state index contributed by atoms with van der Waals surface area (Å²) < 4.78 is 39.9. The number of hydrogen-bond acceptors (Lipinski definition) is 1. The molecule has 1 aromatic heterocycles. The molecule has 0 unspecified atom stereocenters. The summed E-state index contributed by atoms with van der Waals surface area (Å²) >= 11 is 0. The van der Waals surface area contributed by atoms with E-state index in [-0.39, 0.29) is 5.56 Å². The van der Waals surface area contributed by atoms with Crippen molar-refractivity contribution in [1.82, 2.24) is 4.57 Å². The van der Waals surface area contributed by atoms with Gasteiger partial charge in [0.15, 0.2) is 0 Å². The summed E-state index contributed by atoms with van der Waals surface area (Å²) in [5.74, 6) is -0.675. The molecule has 1 heterocycles. The lowest BCUT2D eigenvalue weighted by molar-refractivity contribution is -0.137. The average Bonchev–Trinajstić information content (AvgIpc) is 3.09. The first kappa shape index (κ1) is 13.0. The molecule has 1 saturated carbocycles. The van der Waals surface area contributed by atoms with Crippen LogP contribution in [0.2, 0.25) is 0 Å². The number of aromatic nitrogens is 1. The SMILES string of the molecule is O=C(O)c1cn(CC2CC2)c2cc(C(F)(F)F)ccc12. The molecule has 1 aromatic carbocycles. The number of rotatable bonds is 3. The second kappa shape index (κ2) is 4.26. The van der Waals surface area contributed by atoms with E-state index < -0.39 is 17.7 Å². The summed E-state index contributed by atoms with van der Waals surface area (Å²) in [5.41, 5.74) is -0.365. The van der Waals surface area contributed by atoms with E-state index in [1.807, 2.05) is 0 Å². The third-order valence-corrected chi connectivity index (χ3v) is 3.59. The third kappa shape index (κ3) is 2.26. The van der Waals surface area contributed by atoms with Crippen molar-refractivity contribution in [1.29, 1.82) is 0 Å². The van der Waals surface area contributed by atoms with Gasteiger partial charge in [-0.15, -0.1) is 0 Å². The van der Waals surface area contributed by atoms with Gasteiger partial charge >= 0.3 is 12.1 Å². The predicted molar refractivity (Wildman–Crippen MR) is 66.6 cm³/mol. The number of aromatic carboxylic acids is 1. The minimum absolute atomic E-state index is 0.0503. The summed E-state index contributed by atoms with van der Waals surface area (Å²) in [6.07, 6.45) is -0.903. The Labute approximate surface area is 112 Å². The molecule has 0 amide bonds. The Bertz CT molecular complexity index is 684. The van der Waals surface area contributed by atoms with Crippen LogP contribution in [0.5, 0.6) is 0 Å². The summed E-state index contributed by atoms with van der Waals surface area (Å²) in [4.78, 5) is 11.2. The Balaban J connectivity index is 2.17. The van der Waals surface area contributed by atoms with Crippen LogP contribution in [-0.2, 0) is 12.7 Å². The highest BCUT2D eigenvalue weighted by molar-refractivity contribution is 6.03. The summed E-state index contributed by atoms with van der Waals surface area (Å²) in [6.45, 7) is 0.574. The Morgan fingerprint density at radius 2 is 2.05 bits per heavy atom. The highest BCUT2D eigenvalue weighted by atomic mass is 19.4. The fraction of sp³-hybridized carbons (Fsp3) is 0.357. The number of alkyl halides is 3. The number of carboxylic acids is 1. The van der Waals surface area contributed by atoms with Gasteiger partial charge in [-0.1, -0.05) is 6.07 Å². The maximum absolute atomic E-state index is 12.8. The van der Waals surface area contributed by atoms with Gasteiger partial charge in [-0.25, -0.2) is 4.79 Å². The van der Waals surface area contributed by atoms with Crippen molar-refractivity contribution in [3.63, 3.8) is 0 Å². The number of carbonyl (C=O) groups is 1. The fourth-order valence-corrected chi connectivity index (χ4v) is 2.37. The summed E-state index contributed by atoms with van der Waals surface area (Å²) in [7, 11) is 0. The smallest absolute Gasteiger partial charge is 0.416 e. The van der Waals surface area contributed by atoms with Crippen molar-refractivity contribution < 1.29 is 23.1 Å². The first-order valence-electron chi connectivity index (χ1n) is 6.29. The molecule has 1 aliphatic rings. The quantitative estimate of drug-likeness (QED) is 0.931. The normalized spacial score (nSPS) is 15.8. The standard InChI is InChI=1S/C14H12F3NO2/c15-14(16,17)9-3-4-10-11(13(19)20)7-18(12(10)5-9)6-8-1-2-8/h3-5,7-8H,1-2,6H2,(H,19,20). The van der Waals surface area contributed by atoms with Crippen LogP contribution >= 0.6 is 0 Å². The Morgan fingerprint density at radius 3 is 2.60 bits per heavy atom. The van der Waals surface area contributed by atoms with Crippen molar-refractivity contribution in [2.45, 2.75) is 25.6 Å². The number of halogens is 3. The number of nitrogens with zero attached hydrogens (tertiary/aromatic N) is 1. The van der Waals surface area contributed by atoms with Gasteiger partial charge < -0.3 is 9.67 Å². The molecule has 3 nitrogen and oxygen atoms in total. The molecule has 2 aromatic rings. The average molecular weight is 283 g/mol. The van der Waals surface area contributed by atoms with Gasteiger partial charge in [0.25, 0.3) is 0 Å². The Hall–Kier alpha value is -1.98. The van der Waals surface area contributed by atoms with Crippen LogP contribution in [0.25, 0.3) is 10.9 Å². The van der Waals surface area contributed by atoms with E-state index in [9.17, 15) is 18.0 Å². The van der Waals surface area contributed by atoms with Crippen LogP contribution < -0.4 is 0 Å². The van der Waals surface area contributed by atoms with Gasteiger partial charge in [0, 0.05) is 23.6 Å². The van der Waals surface area contributed by atoms with Crippen LogP contribution in [0.3, 0.4) is 0 Å². The molecule has 106 valence electrons. The van der Waals surface area contributed by atoms with E-state index >= 15 is 0 Å². The van der Waals surface area contributed by atoms with Crippen molar-refractivity contribution in [3.05, 3.63) is 35.5 Å². The highest BCUT2D eigenvalue weighted by Gasteiger charge is 2.32. The Kier molecular flexibility index (Phi) is 2.77. The molecular formula is C14H12F3NO2. The molecule has 0 bridgehead atoms. The van der Waals surface area contributed by atoms with Crippen LogP contribution in [0.15, 0.2) is 24.4 Å².